The van der Waals surface area contributed by atoms with Crippen LogP contribution in [0.3, 0.4) is 0 Å². The molecule has 20 heavy (non-hydrogen) atoms. The Morgan fingerprint density at radius 3 is 2.65 bits per heavy atom. The van der Waals surface area contributed by atoms with Crippen LogP contribution in [-0.4, -0.2) is 11.6 Å². The molecule has 1 aliphatic rings. The lowest BCUT2D eigenvalue weighted by molar-refractivity contribution is 0.317. The van der Waals surface area contributed by atoms with E-state index in [4.69, 9.17) is 15.5 Å². The zero-order valence-corrected chi connectivity index (χ0v) is 12.6. The number of rotatable bonds is 6. The van der Waals surface area contributed by atoms with Crippen LogP contribution in [0.4, 0.5) is 0 Å². The van der Waals surface area contributed by atoms with Gasteiger partial charge in [-0.3, -0.25) is 0 Å². The second-order valence-electron chi connectivity index (χ2n) is 5.18. The normalized spacial score (nSPS) is 14.5. The molecular formula is C16H20N2OS. The number of aromatic nitrogens is 1. The van der Waals surface area contributed by atoms with E-state index in [1.54, 1.807) is 11.3 Å². The van der Waals surface area contributed by atoms with Crippen LogP contribution in [-0.2, 0) is 6.54 Å². The third kappa shape index (κ3) is 2.86. The lowest BCUT2D eigenvalue weighted by atomic mass is 10.2. The molecule has 1 aliphatic carbocycles. The molecule has 3 rings (SSSR count). The van der Waals surface area contributed by atoms with Crippen LogP contribution in [0, 0.1) is 0 Å². The number of nitrogens with two attached hydrogens (primary N) is 1. The maximum absolute atomic E-state index is 5.84. The van der Waals surface area contributed by atoms with Crippen molar-refractivity contribution in [3.8, 4) is 16.3 Å². The molecule has 1 saturated carbocycles. The predicted molar refractivity (Wildman–Crippen MR) is 83.2 cm³/mol. The Bertz CT molecular complexity index is 573. The Morgan fingerprint density at radius 2 is 2.05 bits per heavy atom. The number of nitrogens with zero attached hydrogens (tertiary/aromatic N) is 1. The summed E-state index contributed by atoms with van der Waals surface area (Å²) in [7, 11) is 0. The van der Waals surface area contributed by atoms with E-state index in [0.717, 1.165) is 29.3 Å². The highest BCUT2D eigenvalue weighted by molar-refractivity contribution is 7.15. The molecule has 2 N–H and O–H groups in total. The third-order valence-electron chi connectivity index (χ3n) is 3.45. The summed E-state index contributed by atoms with van der Waals surface area (Å²) in [4.78, 5) is 6.05. The second kappa shape index (κ2) is 5.94. The lowest BCUT2D eigenvalue weighted by Crippen LogP contribution is -1.96. The molecule has 0 unspecified atom stereocenters. The van der Waals surface area contributed by atoms with Crippen LogP contribution in [0.5, 0.6) is 5.75 Å². The fraction of sp³-hybridized carbons (Fsp3) is 0.438. The average Bonchev–Trinajstić information content (AvgIpc) is 3.25. The Labute approximate surface area is 123 Å². The summed E-state index contributed by atoms with van der Waals surface area (Å²) in [6.45, 7) is 3.47. The van der Waals surface area contributed by atoms with E-state index in [1.165, 1.54) is 23.4 Å². The summed E-state index contributed by atoms with van der Waals surface area (Å²) in [6, 6.07) is 8.21. The first kappa shape index (κ1) is 13.6. The molecule has 0 spiro atoms. The Morgan fingerprint density at radius 1 is 1.30 bits per heavy atom. The van der Waals surface area contributed by atoms with Gasteiger partial charge in [0.2, 0.25) is 0 Å². The molecule has 2 aromatic rings. The van der Waals surface area contributed by atoms with Crippen molar-refractivity contribution in [2.24, 2.45) is 5.73 Å². The fourth-order valence-corrected chi connectivity index (χ4v) is 3.25. The first-order valence-electron chi connectivity index (χ1n) is 7.24. The summed E-state index contributed by atoms with van der Waals surface area (Å²) in [5.74, 6) is 1.58. The molecule has 1 aromatic heterocycles. The van der Waals surface area contributed by atoms with E-state index in [0.29, 0.717) is 12.5 Å². The maximum atomic E-state index is 5.84. The van der Waals surface area contributed by atoms with E-state index in [2.05, 4.69) is 19.1 Å². The van der Waals surface area contributed by atoms with E-state index in [1.807, 2.05) is 12.1 Å². The van der Waals surface area contributed by atoms with Crippen LogP contribution in [0.1, 0.15) is 42.7 Å². The summed E-state index contributed by atoms with van der Waals surface area (Å²) in [5.41, 5.74) is 8.23. The molecule has 3 nitrogen and oxygen atoms in total. The highest BCUT2D eigenvalue weighted by Crippen LogP contribution is 2.44. The quantitative estimate of drug-likeness (QED) is 0.876. The van der Waals surface area contributed by atoms with Crippen molar-refractivity contribution in [1.82, 2.24) is 4.98 Å². The van der Waals surface area contributed by atoms with Gasteiger partial charge in [-0.15, -0.1) is 11.3 Å². The fourth-order valence-electron chi connectivity index (χ4n) is 2.22. The van der Waals surface area contributed by atoms with Gasteiger partial charge in [0.25, 0.3) is 0 Å². The number of ether oxygens (including phenoxy) is 1. The monoisotopic (exact) mass is 288 g/mol. The first-order valence-corrected chi connectivity index (χ1v) is 8.06. The molecule has 0 aliphatic heterocycles. The Kier molecular flexibility index (Phi) is 4.03. The minimum atomic E-state index is 0.598. The highest BCUT2D eigenvalue weighted by Gasteiger charge is 2.29. The van der Waals surface area contributed by atoms with Gasteiger partial charge in [-0.25, -0.2) is 4.98 Å². The molecule has 0 saturated heterocycles. The Balaban J connectivity index is 1.81. The van der Waals surface area contributed by atoms with Crippen molar-refractivity contribution < 1.29 is 4.74 Å². The number of benzene rings is 1. The summed E-state index contributed by atoms with van der Waals surface area (Å²) >= 11 is 1.73. The van der Waals surface area contributed by atoms with Gasteiger partial charge in [-0.2, -0.15) is 0 Å². The highest BCUT2D eigenvalue weighted by atomic mass is 32.1. The van der Waals surface area contributed by atoms with E-state index < -0.39 is 0 Å². The van der Waals surface area contributed by atoms with E-state index in [-0.39, 0.29) is 0 Å². The SMILES string of the molecule is CCCOc1ccc(-c2nc(C3CC3)c(CN)s2)cc1. The molecule has 1 heterocycles. The largest absolute Gasteiger partial charge is 0.494 e. The van der Waals surface area contributed by atoms with Crippen molar-refractivity contribution in [3.05, 3.63) is 34.8 Å². The molecule has 0 bridgehead atoms. The molecule has 1 aromatic carbocycles. The molecule has 106 valence electrons. The van der Waals surface area contributed by atoms with Gasteiger partial charge in [0.1, 0.15) is 10.8 Å². The van der Waals surface area contributed by atoms with Gasteiger partial charge >= 0.3 is 0 Å². The standard InChI is InChI=1S/C16H20N2OS/c1-2-9-19-13-7-5-12(6-8-13)16-18-15(11-3-4-11)14(10-17)20-16/h5-8,11H,2-4,9-10,17H2,1H3. The molecule has 4 heteroatoms. The lowest BCUT2D eigenvalue weighted by Gasteiger charge is -2.04. The molecule has 0 amide bonds. The summed E-state index contributed by atoms with van der Waals surface area (Å²) in [6.07, 6.45) is 3.55. The van der Waals surface area contributed by atoms with Gasteiger partial charge < -0.3 is 10.5 Å². The van der Waals surface area contributed by atoms with Crippen LogP contribution >= 0.6 is 11.3 Å². The van der Waals surface area contributed by atoms with Crippen LogP contribution in [0.15, 0.2) is 24.3 Å². The van der Waals surface area contributed by atoms with E-state index in [9.17, 15) is 0 Å². The average molecular weight is 288 g/mol. The number of hydrogen-bond acceptors (Lipinski definition) is 4. The predicted octanol–water partition coefficient (Wildman–Crippen LogP) is 3.94. The van der Waals surface area contributed by atoms with Gasteiger partial charge in [0.05, 0.1) is 12.3 Å². The zero-order valence-electron chi connectivity index (χ0n) is 11.8. The van der Waals surface area contributed by atoms with Gasteiger partial charge in [-0.1, -0.05) is 6.92 Å². The van der Waals surface area contributed by atoms with Crippen LogP contribution < -0.4 is 10.5 Å². The van der Waals surface area contributed by atoms with Crippen LogP contribution in [0.25, 0.3) is 10.6 Å². The van der Waals surface area contributed by atoms with Crippen molar-refractivity contribution in [3.63, 3.8) is 0 Å². The minimum absolute atomic E-state index is 0.598. The van der Waals surface area contributed by atoms with Crippen LogP contribution in [0.2, 0.25) is 0 Å². The number of hydrogen-bond donors (Lipinski definition) is 1. The Hall–Kier alpha value is -1.39. The molecule has 0 atom stereocenters. The smallest absolute Gasteiger partial charge is 0.123 e. The van der Waals surface area contributed by atoms with Gasteiger partial charge in [0, 0.05) is 22.9 Å². The molecular weight excluding hydrogens is 268 g/mol. The summed E-state index contributed by atoms with van der Waals surface area (Å²) in [5, 5.41) is 1.08. The van der Waals surface area contributed by atoms with Gasteiger partial charge in [0.15, 0.2) is 0 Å². The zero-order chi connectivity index (χ0) is 13.9. The maximum Gasteiger partial charge on any atom is 0.123 e. The first-order chi connectivity index (χ1) is 9.81. The van der Waals surface area contributed by atoms with Gasteiger partial charge in [-0.05, 0) is 43.5 Å². The van der Waals surface area contributed by atoms with E-state index >= 15 is 0 Å². The van der Waals surface area contributed by atoms with Crippen molar-refractivity contribution in [2.75, 3.05) is 6.61 Å². The number of thiazole rings is 1. The summed E-state index contributed by atoms with van der Waals surface area (Å²) < 4.78 is 5.61. The molecule has 0 radical (unpaired) electrons. The van der Waals surface area contributed by atoms with Crippen molar-refractivity contribution in [1.29, 1.82) is 0 Å². The second-order valence-corrected chi connectivity index (χ2v) is 6.26. The third-order valence-corrected chi connectivity index (χ3v) is 4.59. The molecule has 1 fully saturated rings. The van der Waals surface area contributed by atoms with Crippen molar-refractivity contribution in [2.45, 2.75) is 38.6 Å². The topological polar surface area (TPSA) is 48.1 Å². The minimum Gasteiger partial charge on any atom is -0.494 e. The van der Waals surface area contributed by atoms with Crippen molar-refractivity contribution >= 4 is 11.3 Å².